The van der Waals surface area contributed by atoms with Gasteiger partial charge in [0.2, 0.25) is 0 Å². The molecule has 0 aliphatic heterocycles. The Bertz CT molecular complexity index is 165. The lowest BCUT2D eigenvalue weighted by Gasteiger charge is -2.28. The number of hydrogen-bond donors (Lipinski definition) is 2. The molecule has 2 N–H and O–H groups in total. The smallest absolute Gasteiger partial charge is 0.166 e. The largest absolute Gasteiger partial charge is 0.366 e. The third kappa shape index (κ3) is 3.73. The van der Waals surface area contributed by atoms with E-state index in [4.69, 9.17) is 12.2 Å². The van der Waals surface area contributed by atoms with Crippen molar-refractivity contribution >= 4 is 29.1 Å². The molecule has 1 aliphatic carbocycles. The summed E-state index contributed by atoms with van der Waals surface area (Å²) in [5.41, 5.74) is 0. The van der Waals surface area contributed by atoms with Gasteiger partial charge in [-0.25, -0.2) is 0 Å². The van der Waals surface area contributed by atoms with Crippen molar-refractivity contribution in [3.05, 3.63) is 0 Å². The first kappa shape index (κ1) is 11.1. The average Bonchev–Trinajstić information content (AvgIpc) is 2.19. The van der Waals surface area contributed by atoms with Crippen LogP contribution in [0.5, 0.6) is 0 Å². The van der Waals surface area contributed by atoms with Crippen molar-refractivity contribution in [1.82, 2.24) is 10.6 Å². The van der Waals surface area contributed by atoms with E-state index < -0.39 is 0 Å². The molecule has 0 aromatic rings. The maximum Gasteiger partial charge on any atom is 0.166 e. The predicted molar refractivity (Wildman–Crippen MR) is 64.4 cm³/mol. The van der Waals surface area contributed by atoms with E-state index in [1.54, 1.807) is 0 Å². The van der Waals surface area contributed by atoms with Gasteiger partial charge < -0.3 is 10.6 Å². The molecule has 1 saturated carbocycles. The first-order valence-electron chi connectivity index (χ1n) is 4.77. The molecule has 13 heavy (non-hydrogen) atoms. The molecule has 1 fully saturated rings. The zero-order chi connectivity index (χ0) is 9.68. The molecule has 0 aromatic carbocycles. The third-order valence-corrected chi connectivity index (χ3v) is 4.03. The molecule has 2 nitrogen and oxygen atoms in total. The summed E-state index contributed by atoms with van der Waals surface area (Å²) in [7, 11) is 1.86. The van der Waals surface area contributed by atoms with Gasteiger partial charge in [-0.15, -0.1) is 0 Å². The second-order valence-corrected chi connectivity index (χ2v) is 4.98. The third-order valence-electron chi connectivity index (χ3n) is 2.57. The van der Waals surface area contributed by atoms with Crippen LogP contribution in [-0.4, -0.2) is 29.7 Å². The Hall–Kier alpha value is 0.0400. The SMILES string of the molecule is CNC(=S)NC1CCC(SC)CC1. The van der Waals surface area contributed by atoms with Crippen molar-refractivity contribution < 1.29 is 0 Å². The van der Waals surface area contributed by atoms with E-state index in [1.807, 2.05) is 18.8 Å². The van der Waals surface area contributed by atoms with E-state index >= 15 is 0 Å². The Kier molecular flexibility index (Phi) is 4.88. The summed E-state index contributed by atoms with van der Waals surface area (Å²) in [6.45, 7) is 0. The van der Waals surface area contributed by atoms with Crippen LogP contribution in [0.4, 0.5) is 0 Å². The van der Waals surface area contributed by atoms with Crippen LogP contribution in [0, 0.1) is 0 Å². The standard InChI is InChI=1S/C9H18N2S2/c1-10-9(12)11-7-3-5-8(13-2)6-4-7/h7-8H,3-6H2,1-2H3,(H2,10,11,12). The van der Waals surface area contributed by atoms with Gasteiger partial charge in [0.15, 0.2) is 5.11 Å². The highest BCUT2D eigenvalue weighted by Gasteiger charge is 2.20. The van der Waals surface area contributed by atoms with E-state index in [-0.39, 0.29) is 0 Å². The lowest BCUT2D eigenvalue weighted by molar-refractivity contribution is 0.421. The average molecular weight is 218 g/mol. The minimum atomic E-state index is 0.600. The molecule has 4 heteroatoms. The Labute approximate surface area is 90.2 Å². The molecular formula is C9H18N2S2. The predicted octanol–water partition coefficient (Wildman–Crippen LogP) is 1.75. The fraction of sp³-hybridized carbons (Fsp3) is 0.889. The van der Waals surface area contributed by atoms with Crippen LogP contribution in [0.1, 0.15) is 25.7 Å². The number of thiocarbonyl (C=S) groups is 1. The summed E-state index contributed by atoms with van der Waals surface area (Å²) < 4.78 is 0. The van der Waals surface area contributed by atoms with Gasteiger partial charge in [-0.05, 0) is 44.2 Å². The van der Waals surface area contributed by atoms with Crippen molar-refractivity contribution in [2.24, 2.45) is 0 Å². The monoisotopic (exact) mass is 218 g/mol. The lowest BCUT2D eigenvalue weighted by Crippen LogP contribution is -2.42. The highest BCUT2D eigenvalue weighted by Crippen LogP contribution is 2.26. The summed E-state index contributed by atoms with van der Waals surface area (Å²) >= 11 is 7.06. The van der Waals surface area contributed by atoms with E-state index in [2.05, 4.69) is 16.9 Å². The summed E-state index contributed by atoms with van der Waals surface area (Å²) in [6, 6.07) is 0.600. The van der Waals surface area contributed by atoms with Crippen molar-refractivity contribution in [2.45, 2.75) is 37.0 Å². The fourth-order valence-electron chi connectivity index (χ4n) is 1.70. The molecule has 1 rings (SSSR count). The van der Waals surface area contributed by atoms with Crippen LogP contribution in [0.25, 0.3) is 0 Å². The molecule has 0 atom stereocenters. The number of nitrogens with one attached hydrogen (secondary N) is 2. The summed E-state index contributed by atoms with van der Waals surface area (Å²) in [5, 5.41) is 7.94. The van der Waals surface area contributed by atoms with Crippen LogP contribution in [-0.2, 0) is 0 Å². The Morgan fingerprint density at radius 3 is 2.38 bits per heavy atom. The van der Waals surface area contributed by atoms with Gasteiger partial charge in [0.1, 0.15) is 0 Å². The van der Waals surface area contributed by atoms with Crippen LogP contribution in [0.15, 0.2) is 0 Å². The van der Waals surface area contributed by atoms with E-state index in [0.717, 1.165) is 10.4 Å². The van der Waals surface area contributed by atoms with E-state index in [0.29, 0.717) is 6.04 Å². The lowest BCUT2D eigenvalue weighted by atomic mass is 9.95. The Morgan fingerprint density at radius 1 is 1.31 bits per heavy atom. The molecule has 0 spiro atoms. The van der Waals surface area contributed by atoms with E-state index in [1.165, 1.54) is 25.7 Å². The zero-order valence-corrected chi connectivity index (χ0v) is 9.93. The van der Waals surface area contributed by atoms with Gasteiger partial charge in [0, 0.05) is 18.3 Å². The van der Waals surface area contributed by atoms with Crippen molar-refractivity contribution in [1.29, 1.82) is 0 Å². The molecule has 0 saturated heterocycles. The molecule has 76 valence electrons. The molecule has 0 radical (unpaired) electrons. The normalized spacial score (nSPS) is 28.2. The Morgan fingerprint density at radius 2 is 1.92 bits per heavy atom. The Balaban J connectivity index is 2.21. The van der Waals surface area contributed by atoms with Crippen LogP contribution >= 0.6 is 24.0 Å². The van der Waals surface area contributed by atoms with Crippen LogP contribution < -0.4 is 10.6 Å². The molecule has 0 aromatic heterocycles. The fourth-order valence-corrected chi connectivity index (χ4v) is 2.61. The van der Waals surface area contributed by atoms with Crippen molar-refractivity contribution in [2.75, 3.05) is 13.3 Å². The van der Waals surface area contributed by atoms with E-state index in [9.17, 15) is 0 Å². The number of rotatable bonds is 2. The molecule has 1 aliphatic rings. The minimum Gasteiger partial charge on any atom is -0.366 e. The summed E-state index contributed by atoms with van der Waals surface area (Å²) in [5.74, 6) is 0. The molecule has 0 amide bonds. The van der Waals surface area contributed by atoms with Gasteiger partial charge in [-0.1, -0.05) is 0 Å². The topological polar surface area (TPSA) is 24.1 Å². The van der Waals surface area contributed by atoms with Gasteiger partial charge >= 0.3 is 0 Å². The molecule has 0 bridgehead atoms. The first-order chi connectivity index (χ1) is 6.26. The summed E-state index contributed by atoms with van der Waals surface area (Å²) in [4.78, 5) is 0. The summed E-state index contributed by atoms with van der Waals surface area (Å²) in [6.07, 6.45) is 7.37. The highest BCUT2D eigenvalue weighted by molar-refractivity contribution is 7.99. The van der Waals surface area contributed by atoms with Gasteiger partial charge in [-0.3, -0.25) is 0 Å². The first-order valence-corrected chi connectivity index (χ1v) is 6.47. The van der Waals surface area contributed by atoms with Gasteiger partial charge in [0.25, 0.3) is 0 Å². The molecule has 0 unspecified atom stereocenters. The second kappa shape index (κ2) is 5.70. The quantitative estimate of drug-likeness (QED) is 0.690. The maximum atomic E-state index is 5.07. The second-order valence-electron chi connectivity index (χ2n) is 3.43. The van der Waals surface area contributed by atoms with Gasteiger partial charge in [0.05, 0.1) is 0 Å². The van der Waals surface area contributed by atoms with Crippen molar-refractivity contribution in [3.8, 4) is 0 Å². The highest BCUT2D eigenvalue weighted by atomic mass is 32.2. The minimum absolute atomic E-state index is 0.600. The zero-order valence-electron chi connectivity index (χ0n) is 8.30. The van der Waals surface area contributed by atoms with Crippen LogP contribution in [0.2, 0.25) is 0 Å². The number of hydrogen-bond acceptors (Lipinski definition) is 2. The number of thioether (sulfide) groups is 1. The maximum absolute atomic E-state index is 5.07. The molecule has 0 heterocycles. The molecular weight excluding hydrogens is 200 g/mol. The van der Waals surface area contributed by atoms with Crippen molar-refractivity contribution in [3.63, 3.8) is 0 Å². The van der Waals surface area contributed by atoms with Crippen LogP contribution in [0.3, 0.4) is 0 Å². The van der Waals surface area contributed by atoms with Gasteiger partial charge in [-0.2, -0.15) is 11.8 Å².